The molecule has 0 saturated carbocycles. The van der Waals surface area contributed by atoms with E-state index in [1.807, 2.05) is 13.8 Å². The van der Waals surface area contributed by atoms with Gasteiger partial charge in [0, 0.05) is 17.0 Å². The lowest BCUT2D eigenvalue weighted by Gasteiger charge is -1.99. The van der Waals surface area contributed by atoms with Crippen molar-refractivity contribution in [3.63, 3.8) is 0 Å². The number of carbonyl (C=O) groups is 2. The summed E-state index contributed by atoms with van der Waals surface area (Å²) in [5.74, 6) is 1.25. The third kappa shape index (κ3) is 4.45. The van der Waals surface area contributed by atoms with Gasteiger partial charge in [0.25, 0.3) is 0 Å². The van der Waals surface area contributed by atoms with Gasteiger partial charge in [-0.1, -0.05) is 41.8 Å². The molecule has 8 heteroatoms. The molecular weight excluding hydrogens is 350 g/mol. The zero-order valence-electron chi connectivity index (χ0n) is 13.6. The minimum Gasteiger partial charge on any atom is -0.355 e. The highest BCUT2D eigenvalue weighted by Crippen LogP contribution is 2.30. The van der Waals surface area contributed by atoms with Crippen molar-refractivity contribution in [3.8, 4) is 0 Å². The fraction of sp³-hybridized carbons (Fsp3) is 0.467. The number of aryl methyl sites for hydroxylation is 1. The standard InChI is InChI=1S/C15H19N3O2S3/c1-5-6-21-14-17-18-15(23-14)22-7-11(20)13-8(2)12(10(4)19)9(3)16-13/h16H,5-7H2,1-4H3. The summed E-state index contributed by atoms with van der Waals surface area (Å²) < 4.78 is 1.73. The first-order valence-corrected chi connectivity index (χ1v) is 10.0. The number of hydrogen-bond acceptors (Lipinski definition) is 7. The molecule has 23 heavy (non-hydrogen) atoms. The van der Waals surface area contributed by atoms with E-state index < -0.39 is 0 Å². The number of H-pyrrole nitrogens is 1. The Hall–Kier alpha value is -1.12. The van der Waals surface area contributed by atoms with Crippen LogP contribution >= 0.6 is 34.9 Å². The number of nitrogens with one attached hydrogen (secondary N) is 1. The Morgan fingerprint density at radius 1 is 1.17 bits per heavy atom. The maximum absolute atomic E-state index is 12.4. The summed E-state index contributed by atoms with van der Waals surface area (Å²) in [4.78, 5) is 27.1. The molecule has 0 atom stereocenters. The van der Waals surface area contributed by atoms with E-state index in [-0.39, 0.29) is 17.3 Å². The van der Waals surface area contributed by atoms with E-state index in [0.29, 0.717) is 11.3 Å². The van der Waals surface area contributed by atoms with E-state index in [9.17, 15) is 9.59 Å². The van der Waals surface area contributed by atoms with Crippen LogP contribution in [0.4, 0.5) is 0 Å². The third-order valence-electron chi connectivity index (χ3n) is 3.21. The molecule has 0 bridgehead atoms. The summed E-state index contributed by atoms with van der Waals surface area (Å²) in [6.07, 6.45) is 1.09. The second-order valence-corrected chi connectivity index (χ2v) is 8.62. The molecule has 124 valence electrons. The zero-order valence-corrected chi connectivity index (χ0v) is 16.0. The van der Waals surface area contributed by atoms with Crippen molar-refractivity contribution in [2.75, 3.05) is 11.5 Å². The number of aromatic nitrogens is 3. The number of hydrogen-bond donors (Lipinski definition) is 1. The van der Waals surface area contributed by atoms with Gasteiger partial charge >= 0.3 is 0 Å². The number of nitrogens with zero attached hydrogens (tertiary/aromatic N) is 2. The molecule has 0 saturated heterocycles. The summed E-state index contributed by atoms with van der Waals surface area (Å²) in [5.41, 5.74) is 2.62. The molecule has 0 fully saturated rings. The number of Topliss-reactive ketones (excluding diaryl/α,β-unsaturated/α-hetero) is 2. The van der Waals surface area contributed by atoms with E-state index in [2.05, 4.69) is 22.1 Å². The Morgan fingerprint density at radius 3 is 2.39 bits per heavy atom. The molecular formula is C15H19N3O2S3. The van der Waals surface area contributed by atoms with E-state index in [0.717, 1.165) is 32.1 Å². The average Bonchev–Trinajstić information content (AvgIpc) is 3.07. The van der Waals surface area contributed by atoms with Crippen molar-refractivity contribution in [1.29, 1.82) is 0 Å². The van der Waals surface area contributed by atoms with Crippen molar-refractivity contribution < 1.29 is 9.59 Å². The summed E-state index contributed by atoms with van der Waals surface area (Å²) in [6, 6.07) is 0. The first-order valence-electron chi connectivity index (χ1n) is 7.26. The summed E-state index contributed by atoms with van der Waals surface area (Å²) in [7, 11) is 0. The van der Waals surface area contributed by atoms with Crippen molar-refractivity contribution in [2.24, 2.45) is 0 Å². The minimum atomic E-state index is -0.0268. The topological polar surface area (TPSA) is 75.7 Å². The highest BCUT2D eigenvalue weighted by Gasteiger charge is 2.20. The molecule has 2 aromatic rings. The summed E-state index contributed by atoms with van der Waals surface area (Å²) in [6.45, 7) is 7.26. The Balaban J connectivity index is 2.01. The van der Waals surface area contributed by atoms with Crippen molar-refractivity contribution in [2.45, 2.75) is 42.8 Å². The highest BCUT2D eigenvalue weighted by atomic mass is 32.2. The van der Waals surface area contributed by atoms with E-state index >= 15 is 0 Å². The fourth-order valence-corrected chi connectivity index (χ4v) is 5.08. The average molecular weight is 370 g/mol. The summed E-state index contributed by atoms with van der Waals surface area (Å²) in [5, 5.41) is 8.21. The lowest BCUT2D eigenvalue weighted by Crippen LogP contribution is -2.05. The van der Waals surface area contributed by atoms with E-state index in [1.165, 1.54) is 30.0 Å². The molecule has 5 nitrogen and oxygen atoms in total. The van der Waals surface area contributed by atoms with Crippen molar-refractivity contribution in [1.82, 2.24) is 15.2 Å². The van der Waals surface area contributed by atoms with Crippen LogP contribution in [0.15, 0.2) is 8.68 Å². The molecule has 1 N–H and O–H groups in total. The molecule has 0 aliphatic rings. The Kier molecular flexibility index (Phi) is 6.43. The third-order valence-corrected chi connectivity index (χ3v) is 6.61. The van der Waals surface area contributed by atoms with Crippen LogP contribution in [0.2, 0.25) is 0 Å². The molecule has 0 amide bonds. The predicted molar refractivity (Wildman–Crippen MR) is 96.2 cm³/mol. The van der Waals surface area contributed by atoms with Gasteiger partial charge in [-0.15, -0.1) is 10.2 Å². The lowest BCUT2D eigenvalue weighted by molar-refractivity contribution is 0.101. The van der Waals surface area contributed by atoms with Gasteiger partial charge in [-0.05, 0) is 32.8 Å². The van der Waals surface area contributed by atoms with Gasteiger partial charge in [0.1, 0.15) is 0 Å². The van der Waals surface area contributed by atoms with Crippen LogP contribution in [0.25, 0.3) is 0 Å². The Labute approximate surface area is 148 Å². The Bertz CT molecular complexity index is 722. The smallest absolute Gasteiger partial charge is 0.189 e. The van der Waals surface area contributed by atoms with Gasteiger partial charge in [0.15, 0.2) is 20.2 Å². The quantitative estimate of drug-likeness (QED) is 0.556. The van der Waals surface area contributed by atoms with Crippen LogP contribution in [-0.4, -0.2) is 38.3 Å². The Morgan fingerprint density at radius 2 is 1.83 bits per heavy atom. The number of carbonyl (C=O) groups excluding carboxylic acids is 2. The van der Waals surface area contributed by atoms with Crippen LogP contribution in [0, 0.1) is 13.8 Å². The van der Waals surface area contributed by atoms with Gasteiger partial charge < -0.3 is 4.98 Å². The van der Waals surface area contributed by atoms with Crippen LogP contribution in [-0.2, 0) is 0 Å². The molecule has 0 aliphatic heterocycles. The van der Waals surface area contributed by atoms with Crippen molar-refractivity contribution in [3.05, 3.63) is 22.5 Å². The lowest BCUT2D eigenvalue weighted by atomic mass is 10.1. The number of ketones is 2. The van der Waals surface area contributed by atoms with Crippen LogP contribution in [0.1, 0.15) is 52.4 Å². The van der Waals surface area contributed by atoms with Crippen LogP contribution in [0.5, 0.6) is 0 Å². The zero-order chi connectivity index (χ0) is 17.0. The van der Waals surface area contributed by atoms with E-state index in [4.69, 9.17) is 0 Å². The molecule has 2 heterocycles. The molecule has 0 spiro atoms. The van der Waals surface area contributed by atoms with Gasteiger partial charge in [-0.2, -0.15) is 0 Å². The summed E-state index contributed by atoms with van der Waals surface area (Å²) >= 11 is 4.59. The SMILES string of the molecule is CCCSc1nnc(SCC(=O)c2[nH]c(C)c(C(C)=O)c2C)s1. The normalized spacial score (nSPS) is 11.0. The van der Waals surface area contributed by atoms with Crippen molar-refractivity contribution >= 4 is 46.4 Å². The van der Waals surface area contributed by atoms with Gasteiger partial charge in [0.05, 0.1) is 11.4 Å². The monoisotopic (exact) mass is 369 g/mol. The maximum atomic E-state index is 12.4. The molecule has 2 rings (SSSR count). The second-order valence-electron chi connectivity index (χ2n) is 5.08. The second kappa shape index (κ2) is 8.12. The van der Waals surface area contributed by atoms with Crippen LogP contribution in [0.3, 0.4) is 0 Å². The minimum absolute atomic E-state index is 0.0235. The molecule has 0 aliphatic carbocycles. The number of rotatable bonds is 8. The molecule has 0 unspecified atom stereocenters. The number of thioether (sulfide) groups is 2. The molecule has 0 radical (unpaired) electrons. The first kappa shape index (κ1) is 18.2. The maximum Gasteiger partial charge on any atom is 0.189 e. The number of aromatic amines is 1. The van der Waals surface area contributed by atoms with E-state index in [1.54, 1.807) is 11.8 Å². The van der Waals surface area contributed by atoms with Crippen LogP contribution < -0.4 is 0 Å². The van der Waals surface area contributed by atoms with Gasteiger partial charge in [0.2, 0.25) is 0 Å². The predicted octanol–water partition coefficient (Wildman–Crippen LogP) is 4.16. The van der Waals surface area contributed by atoms with Gasteiger partial charge in [-0.25, -0.2) is 0 Å². The van der Waals surface area contributed by atoms with Gasteiger partial charge in [-0.3, -0.25) is 9.59 Å². The molecule has 2 aromatic heterocycles. The fourth-order valence-electron chi connectivity index (χ4n) is 2.26. The first-order chi connectivity index (χ1) is 10.9. The largest absolute Gasteiger partial charge is 0.355 e. The highest BCUT2D eigenvalue weighted by molar-refractivity contribution is 8.03. The molecule has 0 aromatic carbocycles.